The van der Waals surface area contributed by atoms with Crippen molar-refractivity contribution in [2.75, 3.05) is 0 Å². The fourth-order valence-corrected chi connectivity index (χ4v) is 1.93. The minimum absolute atomic E-state index is 0.177. The molecular formula is C12H12BrF2NO3. The predicted octanol–water partition coefficient (Wildman–Crippen LogP) is 2.71. The normalized spacial score (nSPS) is 12.0. The van der Waals surface area contributed by atoms with Gasteiger partial charge in [-0.2, -0.15) is 0 Å². The van der Waals surface area contributed by atoms with Gasteiger partial charge in [0.05, 0.1) is 6.42 Å². The van der Waals surface area contributed by atoms with Gasteiger partial charge >= 0.3 is 5.97 Å². The fraction of sp³-hybridized carbons (Fsp3) is 0.333. The highest BCUT2D eigenvalue weighted by atomic mass is 79.9. The molecule has 2 N–H and O–H groups in total. The fourth-order valence-electron chi connectivity index (χ4n) is 1.52. The lowest BCUT2D eigenvalue weighted by Crippen LogP contribution is -2.37. The first-order chi connectivity index (χ1) is 8.85. The third kappa shape index (κ3) is 4.27. The van der Waals surface area contributed by atoms with Crippen molar-refractivity contribution in [2.24, 2.45) is 0 Å². The lowest BCUT2D eigenvalue weighted by atomic mass is 10.1. The zero-order chi connectivity index (χ0) is 14.6. The van der Waals surface area contributed by atoms with Crippen molar-refractivity contribution in [1.82, 2.24) is 5.32 Å². The number of carbonyl (C=O) groups is 2. The topological polar surface area (TPSA) is 66.4 Å². The number of carbonyl (C=O) groups excluding carboxylic acids is 1. The molecule has 1 aromatic carbocycles. The van der Waals surface area contributed by atoms with Crippen LogP contribution in [0.2, 0.25) is 0 Å². The summed E-state index contributed by atoms with van der Waals surface area (Å²) in [6.07, 6.45) is 0.0415. The molecule has 0 aliphatic rings. The number of halogens is 3. The Morgan fingerprint density at radius 3 is 2.32 bits per heavy atom. The van der Waals surface area contributed by atoms with Crippen molar-refractivity contribution in [3.05, 3.63) is 33.8 Å². The van der Waals surface area contributed by atoms with Gasteiger partial charge in [0.1, 0.15) is 17.2 Å². The smallest absolute Gasteiger partial charge is 0.305 e. The first-order valence-corrected chi connectivity index (χ1v) is 6.31. The molecule has 104 valence electrons. The number of nitrogens with one attached hydrogen (secondary N) is 1. The predicted molar refractivity (Wildman–Crippen MR) is 67.9 cm³/mol. The lowest BCUT2D eigenvalue weighted by Gasteiger charge is -2.15. The zero-order valence-electron chi connectivity index (χ0n) is 10.0. The Morgan fingerprint density at radius 2 is 1.89 bits per heavy atom. The molecule has 1 rings (SSSR count). The van der Waals surface area contributed by atoms with Gasteiger partial charge in [-0.05, 0) is 18.6 Å². The summed E-state index contributed by atoms with van der Waals surface area (Å²) in [4.78, 5) is 22.3. The molecule has 1 unspecified atom stereocenters. The Morgan fingerprint density at radius 1 is 1.37 bits per heavy atom. The molecule has 1 aromatic rings. The van der Waals surface area contributed by atoms with Crippen LogP contribution >= 0.6 is 15.9 Å². The molecule has 0 aromatic heterocycles. The maximum absolute atomic E-state index is 13.5. The maximum atomic E-state index is 13.5. The van der Waals surface area contributed by atoms with E-state index in [1.165, 1.54) is 0 Å². The van der Waals surface area contributed by atoms with Crippen LogP contribution in [0.15, 0.2) is 16.6 Å². The Balaban J connectivity index is 2.92. The van der Waals surface area contributed by atoms with E-state index in [0.717, 1.165) is 12.1 Å². The van der Waals surface area contributed by atoms with Crippen LogP contribution in [0.1, 0.15) is 30.1 Å². The van der Waals surface area contributed by atoms with Crippen LogP contribution in [0.3, 0.4) is 0 Å². The summed E-state index contributed by atoms with van der Waals surface area (Å²) in [5.74, 6) is -4.07. The first-order valence-electron chi connectivity index (χ1n) is 5.52. The van der Waals surface area contributed by atoms with E-state index in [4.69, 9.17) is 5.11 Å². The Hall–Kier alpha value is -1.50. The number of aliphatic carboxylic acids is 1. The first kappa shape index (κ1) is 15.6. The van der Waals surface area contributed by atoms with Crippen molar-refractivity contribution < 1.29 is 23.5 Å². The Bertz CT molecular complexity index is 485. The summed E-state index contributed by atoms with van der Waals surface area (Å²) in [5, 5.41) is 10.9. The number of amides is 1. The van der Waals surface area contributed by atoms with E-state index in [1.807, 2.05) is 0 Å². The van der Waals surface area contributed by atoms with Gasteiger partial charge in [0.25, 0.3) is 5.91 Å². The van der Waals surface area contributed by atoms with Crippen LogP contribution in [0, 0.1) is 11.6 Å². The standard InChI is InChI=1S/C12H12BrF2NO3/c1-2-7(5-10(17)18)16-12(19)11-8(14)3-6(13)4-9(11)15/h3-4,7H,2,5H2,1H3,(H,16,19)(H,17,18). The zero-order valence-corrected chi connectivity index (χ0v) is 11.6. The summed E-state index contributed by atoms with van der Waals surface area (Å²) in [5.41, 5.74) is -0.716. The van der Waals surface area contributed by atoms with Gasteiger partial charge in [-0.3, -0.25) is 9.59 Å². The van der Waals surface area contributed by atoms with Gasteiger partial charge in [0.15, 0.2) is 0 Å². The molecule has 0 saturated carbocycles. The van der Waals surface area contributed by atoms with Crippen LogP contribution in [0.25, 0.3) is 0 Å². The number of hydrogen-bond donors (Lipinski definition) is 2. The average Bonchev–Trinajstić information content (AvgIpc) is 2.25. The molecule has 1 atom stereocenters. The van der Waals surface area contributed by atoms with Gasteiger partial charge in [0, 0.05) is 10.5 Å². The second-order valence-corrected chi connectivity index (χ2v) is 4.84. The lowest BCUT2D eigenvalue weighted by molar-refractivity contribution is -0.137. The molecule has 0 heterocycles. The quantitative estimate of drug-likeness (QED) is 0.869. The molecule has 0 saturated heterocycles. The summed E-state index contributed by atoms with van der Waals surface area (Å²) in [6.45, 7) is 1.67. The summed E-state index contributed by atoms with van der Waals surface area (Å²) >= 11 is 2.90. The third-order valence-electron chi connectivity index (χ3n) is 2.48. The molecule has 1 amide bonds. The van der Waals surface area contributed by atoms with Gasteiger partial charge in [-0.25, -0.2) is 8.78 Å². The van der Waals surface area contributed by atoms with Crippen LogP contribution in [0.5, 0.6) is 0 Å². The van der Waals surface area contributed by atoms with Crippen molar-refractivity contribution in [1.29, 1.82) is 0 Å². The van der Waals surface area contributed by atoms with Gasteiger partial charge in [-0.1, -0.05) is 22.9 Å². The van der Waals surface area contributed by atoms with E-state index in [1.54, 1.807) is 6.92 Å². The summed E-state index contributed by atoms with van der Waals surface area (Å²) < 4.78 is 27.2. The van der Waals surface area contributed by atoms with Crippen molar-refractivity contribution in [3.63, 3.8) is 0 Å². The number of rotatable bonds is 5. The van der Waals surface area contributed by atoms with Gasteiger partial charge in [-0.15, -0.1) is 0 Å². The molecule has 0 bridgehead atoms. The van der Waals surface area contributed by atoms with Crippen LogP contribution in [-0.2, 0) is 4.79 Å². The molecule has 7 heteroatoms. The molecule has 4 nitrogen and oxygen atoms in total. The highest BCUT2D eigenvalue weighted by Crippen LogP contribution is 2.19. The number of benzene rings is 1. The summed E-state index contributed by atoms with van der Waals surface area (Å²) in [7, 11) is 0. The third-order valence-corrected chi connectivity index (χ3v) is 2.94. The van der Waals surface area contributed by atoms with Gasteiger partial charge < -0.3 is 10.4 Å². The van der Waals surface area contributed by atoms with E-state index >= 15 is 0 Å². The minimum atomic E-state index is -1.09. The van der Waals surface area contributed by atoms with Crippen LogP contribution < -0.4 is 5.32 Å². The SMILES string of the molecule is CCC(CC(=O)O)NC(=O)c1c(F)cc(Br)cc1F. The minimum Gasteiger partial charge on any atom is -0.481 e. The van der Waals surface area contributed by atoms with E-state index < -0.39 is 35.1 Å². The number of hydrogen-bond acceptors (Lipinski definition) is 2. The number of carboxylic acid groups (broad SMARTS) is 1. The Labute approximate surface area is 116 Å². The van der Waals surface area contributed by atoms with Crippen molar-refractivity contribution >= 4 is 27.8 Å². The monoisotopic (exact) mass is 335 g/mol. The van der Waals surface area contributed by atoms with E-state index in [-0.39, 0.29) is 10.9 Å². The van der Waals surface area contributed by atoms with E-state index in [2.05, 4.69) is 21.2 Å². The highest BCUT2D eigenvalue weighted by Gasteiger charge is 2.21. The van der Waals surface area contributed by atoms with Gasteiger partial charge in [0.2, 0.25) is 0 Å². The molecule has 19 heavy (non-hydrogen) atoms. The van der Waals surface area contributed by atoms with Crippen molar-refractivity contribution in [3.8, 4) is 0 Å². The second kappa shape index (κ2) is 6.60. The maximum Gasteiger partial charge on any atom is 0.305 e. The van der Waals surface area contributed by atoms with E-state index in [9.17, 15) is 18.4 Å². The largest absolute Gasteiger partial charge is 0.481 e. The molecule has 0 spiro atoms. The molecular weight excluding hydrogens is 324 g/mol. The molecule has 0 fully saturated rings. The molecule has 0 aliphatic carbocycles. The van der Waals surface area contributed by atoms with Crippen LogP contribution in [-0.4, -0.2) is 23.0 Å². The number of carboxylic acids is 1. The molecule has 0 aliphatic heterocycles. The summed E-state index contributed by atoms with van der Waals surface area (Å²) in [6, 6.07) is 1.26. The van der Waals surface area contributed by atoms with E-state index in [0.29, 0.717) is 6.42 Å². The average molecular weight is 336 g/mol. The molecule has 0 radical (unpaired) electrons. The second-order valence-electron chi connectivity index (χ2n) is 3.92. The highest BCUT2D eigenvalue weighted by molar-refractivity contribution is 9.10. The van der Waals surface area contributed by atoms with Crippen LogP contribution in [0.4, 0.5) is 8.78 Å². The van der Waals surface area contributed by atoms with Crippen molar-refractivity contribution in [2.45, 2.75) is 25.8 Å². The Kier molecular flexibility index (Phi) is 5.41.